The molecule has 0 aliphatic heterocycles. The number of carbonyl (C=O) groups is 1. The van der Waals surface area contributed by atoms with Crippen molar-refractivity contribution in [2.45, 2.75) is 13.3 Å². The molecule has 0 spiro atoms. The van der Waals surface area contributed by atoms with E-state index in [1.165, 1.54) is 36.7 Å². The highest BCUT2D eigenvalue weighted by atomic mass is 35.5. The van der Waals surface area contributed by atoms with Gasteiger partial charge in [0.15, 0.2) is 5.65 Å². The third-order valence-corrected chi connectivity index (χ3v) is 5.63. The Kier molecular flexibility index (Phi) is 5.14. The topological polar surface area (TPSA) is 81.3 Å². The monoisotopic (exact) mass is 461 g/mol. The average molecular weight is 462 g/mol. The largest absolute Gasteiger partial charge is 0.280 e. The summed E-state index contributed by atoms with van der Waals surface area (Å²) < 4.78 is 15.8. The van der Waals surface area contributed by atoms with Crippen LogP contribution in [0.1, 0.15) is 23.0 Å². The number of nitrogens with zero attached hydrogens (tertiary/aromatic N) is 4. The molecular formula is C24H17ClFN5O2. The van der Waals surface area contributed by atoms with Gasteiger partial charge < -0.3 is 0 Å². The molecule has 0 fully saturated rings. The number of hydrogen-bond donors (Lipinski definition) is 1. The minimum absolute atomic E-state index is 0.226. The van der Waals surface area contributed by atoms with Crippen molar-refractivity contribution in [1.82, 2.24) is 19.3 Å². The first-order valence-electron chi connectivity index (χ1n) is 10.2. The molecule has 164 valence electrons. The quantitative estimate of drug-likeness (QED) is 0.428. The van der Waals surface area contributed by atoms with E-state index in [2.05, 4.69) is 10.4 Å². The van der Waals surface area contributed by atoms with Crippen molar-refractivity contribution in [3.05, 3.63) is 99.4 Å². The molecule has 2 aromatic carbocycles. The summed E-state index contributed by atoms with van der Waals surface area (Å²) in [5.74, 6) is -0.990. The highest BCUT2D eigenvalue weighted by Crippen LogP contribution is 2.30. The van der Waals surface area contributed by atoms with Crippen molar-refractivity contribution in [2.24, 2.45) is 0 Å². The first-order chi connectivity index (χ1) is 16.0. The maximum absolute atomic E-state index is 13.1. The van der Waals surface area contributed by atoms with E-state index in [9.17, 15) is 14.0 Å². The van der Waals surface area contributed by atoms with Gasteiger partial charge in [-0.15, -0.1) is 0 Å². The highest BCUT2D eigenvalue weighted by molar-refractivity contribution is 6.30. The molecule has 0 aliphatic carbocycles. The zero-order chi connectivity index (χ0) is 23.1. The molecule has 3 aromatic heterocycles. The van der Waals surface area contributed by atoms with Crippen LogP contribution in [0.5, 0.6) is 0 Å². The van der Waals surface area contributed by atoms with Gasteiger partial charge in [0, 0.05) is 28.5 Å². The number of aromatic nitrogens is 4. The van der Waals surface area contributed by atoms with Gasteiger partial charge in [-0.1, -0.05) is 30.7 Å². The fraction of sp³-hybridized carbons (Fsp3) is 0.0833. The lowest BCUT2D eigenvalue weighted by Crippen LogP contribution is -2.33. The molecule has 0 radical (unpaired) electrons. The first-order valence-corrected chi connectivity index (χ1v) is 10.6. The lowest BCUT2D eigenvalue weighted by atomic mass is 10.0. The van der Waals surface area contributed by atoms with Crippen LogP contribution in [0.15, 0.2) is 71.8 Å². The second-order valence-corrected chi connectivity index (χ2v) is 7.85. The van der Waals surface area contributed by atoms with Crippen molar-refractivity contribution in [2.75, 3.05) is 5.43 Å². The molecule has 0 saturated heterocycles. The molecule has 0 aliphatic rings. The molecule has 7 nitrogen and oxygen atoms in total. The number of pyridine rings is 1. The number of carbonyl (C=O) groups excluding carboxylic acids is 1. The third kappa shape index (κ3) is 3.64. The van der Waals surface area contributed by atoms with Crippen LogP contribution in [0.4, 0.5) is 4.39 Å². The maximum atomic E-state index is 13.1. The Morgan fingerprint density at radius 2 is 1.82 bits per heavy atom. The highest BCUT2D eigenvalue weighted by Gasteiger charge is 2.18. The Labute approximate surface area is 192 Å². The molecule has 5 aromatic rings. The summed E-state index contributed by atoms with van der Waals surface area (Å²) in [7, 11) is 0. The van der Waals surface area contributed by atoms with Gasteiger partial charge in [0.25, 0.3) is 11.5 Å². The average Bonchev–Trinajstić information content (AvgIpc) is 3.21. The van der Waals surface area contributed by atoms with E-state index in [-0.39, 0.29) is 10.9 Å². The second kappa shape index (κ2) is 8.14. The molecule has 3 heterocycles. The minimum Gasteiger partial charge on any atom is -0.267 e. The summed E-state index contributed by atoms with van der Waals surface area (Å²) in [4.78, 5) is 30.0. The van der Waals surface area contributed by atoms with Crippen LogP contribution in [-0.4, -0.2) is 25.2 Å². The number of fused-ring (bicyclic) bond motifs is 3. The standard InChI is InChI=1S/C24H17ClFN5O2/c1-2-19-21(14-3-7-16(25)8-4-14)22-27-13-18-20(31(22)28-19)11-12-30(24(18)33)29-23(32)15-5-9-17(26)10-6-15/h3-13H,2H2,1H3,(H,29,32). The number of rotatable bonds is 4. The normalized spacial score (nSPS) is 11.2. The zero-order valence-electron chi connectivity index (χ0n) is 17.4. The summed E-state index contributed by atoms with van der Waals surface area (Å²) in [6, 6.07) is 14.2. The number of benzene rings is 2. The predicted octanol–water partition coefficient (Wildman–Crippen LogP) is 4.45. The lowest BCUT2D eigenvalue weighted by Gasteiger charge is -2.10. The van der Waals surface area contributed by atoms with Crippen molar-refractivity contribution in [3.63, 3.8) is 0 Å². The van der Waals surface area contributed by atoms with E-state index >= 15 is 0 Å². The molecule has 1 amide bonds. The van der Waals surface area contributed by atoms with Crippen LogP contribution < -0.4 is 11.0 Å². The van der Waals surface area contributed by atoms with Crippen LogP contribution in [0, 0.1) is 5.82 Å². The van der Waals surface area contributed by atoms with Gasteiger partial charge in [0.2, 0.25) is 0 Å². The van der Waals surface area contributed by atoms with Gasteiger partial charge >= 0.3 is 0 Å². The van der Waals surface area contributed by atoms with Crippen molar-refractivity contribution in [3.8, 4) is 11.1 Å². The molecule has 9 heteroatoms. The SMILES string of the molecule is CCc1nn2c(ncc3c(=O)n(NC(=O)c4ccc(F)cc4)ccc32)c1-c1ccc(Cl)cc1. The Hall–Kier alpha value is -4.04. The molecule has 5 rings (SSSR count). The van der Waals surface area contributed by atoms with E-state index in [4.69, 9.17) is 16.7 Å². The number of nitrogens with one attached hydrogen (secondary N) is 1. The Morgan fingerprint density at radius 3 is 2.52 bits per heavy atom. The van der Waals surface area contributed by atoms with E-state index in [1.54, 1.807) is 10.6 Å². The summed E-state index contributed by atoms with van der Waals surface area (Å²) in [6.07, 6.45) is 3.61. The Balaban J connectivity index is 1.61. The lowest BCUT2D eigenvalue weighted by molar-refractivity contribution is 0.101. The van der Waals surface area contributed by atoms with Gasteiger partial charge in [-0.25, -0.2) is 18.6 Å². The van der Waals surface area contributed by atoms with Gasteiger partial charge in [-0.2, -0.15) is 5.10 Å². The second-order valence-electron chi connectivity index (χ2n) is 7.41. The van der Waals surface area contributed by atoms with Crippen LogP contribution >= 0.6 is 11.6 Å². The van der Waals surface area contributed by atoms with Crippen LogP contribution in [-0.2, 0) is 6.42 Å². The van der Waals surface area contributed by atoms with Crippen molar-refractivity contribution in [1.29, 1.82) is 0 Å². The Morgan fingerprint density at radius 1 is 1.09 bits per heavy atom. The summed E-state index contributed by atoms with van der Waals surface area (Å²) in [5, 5.41) is 5.62. The van der Waals surface area contributed by atoms with Crippen molar-refractivity contribution >= 4 is 34.1 Å². The molecule has 0 bridgehead atoms. The van der Waals surface area contributed by atoms with Crippen LogP contribution in [0.2, 0.25) is 5.02 Å². The van der Waals surface area contributed by atoms with Gasteiger partial charge in [-0.05, 0) is 54.4 Å². The number of amides is 1. The van der Waals surface area contributed by atoms with E-state index in [1.807, 2.05) is 31.2 Å². The van der Waals surface area contributed by atoms with Crippen LogP contribution in [0.25, 0.3) is 27.7 Å². The van der Waals surface area contributed by atoms with Crippen molar-refractivity contribution < 1.29 is 9.18 Å². The number of halogens is 2. The summed E-state index contributed by atoms with van der Waals surface area (Å²) >= 11 is 6.04. The maximum Gasteiger partial charge on any atom is 0.280 e. The van der Waals surface area contributed by atoms with Gasteiger partial charge in [0.05, 0.1) is 16.6 Å². The number of aryl methyl sites for hydroxylation is 1. The molecule has 0 atom stereocenters. The zero-order valence-corrected chi connectivity index (χ0v) is 18.2. The van der Waals surface area contributed by atoms with E-state index in [0.717, 1.165) is 21.5 Å². The molecule has 0 saturated carbocycles. The molecular weight excluding hydrogens is 445 g/mol. The van der Waals surface area contributed by atoms with Gasteiger partial charge in [0.1, 0.15) is 5.82 Å². The fourth-order valence-electron chi connectivity index (χ4n) is 3.74. The minimum atomic E-state index is -0.539. The summed E-state index contributed by atoms with van der Waals surface area (Å²) in [5.41, 5.74) is 6.11. The Bertz CT molecular complexity index is 1570. The third-order valence-electron chi connectivity index (χ3n) is 5.38. The predicted molar refractivity (Wildman–Crippen MR) is 125 cm³/mol. The van der Waals surface area contributed by atoms with E-state index in [0.29, 0.717) is 22.6 Å². The molecule has 0 unspecified atom stereocenters. The summed E-state index contributed by atoms with van der Waals surface area (Å²) in [6.45, 7) is 2.00. The fourth-order valence-corrected chi connectivity index (χ4v) is 3.86. The first kappa shape index (κ1) is 20.8. The van der Waals surface area contributed by atoms with Crippen LogP contribution in [0.3, 0.4) is 0 Å². The van der Waals surface area contributed by atoms with E-state index < -0.39 is 17.3 Å². The molecule has 1 N–H and O–H groups in total. The smallest absolute Gasteiger partial charge is 0.267 e. The molecule has 33 heavy (non-hydrogen) atoms. The number of hydrogen-bond acceptors (Lipinski definition) is 4. The van der Waals surface area contributed by atoms with Gasteiger partial charge in [-0.3, -0.25) is 15.0 Å².